The molecule has 1 N–H and O–H groups in total. The van der Waals surface area contributed by atoms with Crippen LogP contribution in [-0.4, -0.2) is 34.2 Å². The minimum Gasteiger partial charge on any atom is -0.355 e. The number of benzene rings is 1. The molecule has 0 saturated carbocycles. The first-order chi connectivity index (χ1) is 14.2. The normalized spacial score (nSPS) is 14.6. The van der Waals surface area contributed by atoms with Gasteiger partial charge in [0.1, 0.15) is 5.82 Å². The lowest BCUT2D eigenvalue weighted by Gasteiger charge is -2.31. The highest BCUT2D eigenvalue weighted by Crippen LogP contribution is 2.23. The van der Waals surface area contributed by atoms with Crippen molar-refractivity contribution >= 4 is 11.7 Å². The van der Waals surface area contributed by atoms with E-state index in [0.717, 1.165) is 42.9 Å². The number of anilines is 1. The van der Waals surface area contributed by atoms with Crippen molar-refractivity contribution < 1.29 is 9.18 Å². The molecule has 2 aromatic heterocycles. The van der Waals surface area contributed by atoms with E-state index in [2.05, 4.69) is 25.4 Å². The minimum absolute atomic E-state index is 0.0135. The lowest BCUT2D eigenvalue weighted by molar-refractivity contribution is -0.125. The quantitative estimate of drug-likeness (QED) is 0.723. The number of pyridine rings is 1. The highest BCUT2D eigenvalue weighted by molar-refractivity contribution is 5.79. The monoisotopic (exact) mass is 391 g/mol. The number of rotatable bonds is 5. The molecule has 148 valence electrons. The number of carbonyl (C=O) groups excluding carboxylic acids is 1. The molecule has 0 aliphatic carbocycles. The lowest BCUT2D eigenvalue weighted by atomic mass is 9.96. The van der Waals surface area contributed by atoms with Gasteiger partial charge < -0.3 is 10.2 Å². The van der Waals surface area contributed by atoms with Crippen LogP contribution >= 0.6 is 0 Å². The Hall–Kier alpha value is -3.35. The molecular formula is C22H22FN5O. The third kappa shape index (κ3) is 4.74. The molecule has 3 heterocycles. The maximum atomic E-state index is 13.1. The Morgan fingerprint density at radius 1 is 1.00 bits per heavy atom. The van der Waals surface area contributed by atoms with Gasteiger partial charge in [0.05, 0.1) is 5.69 Å². The van der Waals surface area contributed by atoms with Gasteiger partial charge in [-0.1, -0.05) is 0 Å². The Morgan fingerprint density at radius 3 is 2.38 bits per heavy atom. The second-order valence-corrected chi connectivity index (χ2v) is 7.12. The molecule has 0 atom stereocenters. The molecule has 0 radical (unpaired) electrons. The van der Waals surface area contributed by atoms with Crippen LogP contribution in [0.4, 0.5) is 10.2 Å². The number of hydrogen-bond acceptors (Lipinski definition) is 5. The Balaban J connectivity index is 1.30. The highest BCUT2D eigenvalue weighted by Gasteiger charge is 2.25. The van der Waals surface area contributed by atoms with Gasteiger partial charge in [0.25, 0.3) is 0 Å². The van der Waals surface area contributed by atoms with Crippen molar-refractivity contribution in [2.24, 2.45) is 5.92 Å². The van der Waals surface area contributed by atoms with Crippen LogP contribution < -0.4 is 10.2 Å². The molecule has 1 aromatic carbocycles. The summed E-state index contributed by atoms with van der Waals surface area (Å²) in [6.07, 6.45) is 5.01. The number of carbonyl (C=O) groups is 1. The molecule has 0 spiro atoms. The molecule has 1 aliphatic heterocycles. The smallest absolute Gasteiger partial charge is 0.223 e. The van der Waals surface area contributed by atoms with Gasteiger partial charge in [0.15, 0.2) is 5.82 Å². The van der Waals surface area contributed by atoms with Crippen molar-refractivity contribution in [1.29, 1.82) is 0 Å². The Kier molecular flexibility index (Phi) is 5.74. The van der Waals surface area contributed by atoms with Crippen molar-refractivity contribution in [2.45, 2.75) is 19.4 Å². The first-order valence-electron chi connectivity index (χ1n) is 9.70. The summed E-state index contributed by atoms with van der Waals surface area (Å²) in [5.74, 6) is 0.635. The number of aromatic nitrogens is 3. The van der Waals surface area contributed by atoms with Crippen LogP contribution in [0.3, 0.4) is 0 Å². The third-order valence-corrected chi connectivity index (χ3v) is 5.20. The molecule has 1 fully saturated rings. The average molecular weight is 391 g/mol. The van der Waals surface area contributed by atoms with Crippen LogP contribution in [-0.2, 0) is 11.3 Å². The predicted molar refractivity (Wildman–Crippen MR) is 108 cm³/mol. The van der Waals surface area contributed by atoms with Crippen molar-refractivity contribution in [3.8, 4) is 11.3 Å². The number of nitrogens with zero attached hydrogens (tertiary/aromatic N) is 4. The average Bonchev–Trinajstić information content (AvgIpc) is 2.79. The summed E-state index contributed by atoms with van der Waals surface area (Å²) in [4.78, 5) is 18.6. The molecule has 1 amide bonds. The van der Waals surface area contributed by atoms with E-state index >= 15 is 0 Å². The lowest BCUT2D eigenvalue weighted by Crippen LogP contribution is -2.40. The fourth-order valence-electron chi connectivity index (χ4n) is 3.47. The number of piperidine rings is 1. The molecule has 7 heteroatoms. The first-order valence-corrected chi connectivity index (χ1v) is 9.70. The van der Waals surface area contributed by atoms with Crippen LogP contribution in [0.25, 0.3) is 11.3 Å². The van der Waals surface area contributed by atoms with Gasteiger partial charge in [-0.2, -0.15) is 0 Å². The fourth-order valence-corrected chi connectivity index (χ4v) is 3.47. The molecule has 4 rings (SSSR count). The number of nitrogens with one attached hydrogen (secondary N) is 1. The summed E-state index contributed by atoms with van der Waals surface area (Å²) in [6, 6.07) is 13.8. The van der Waals surface area contributed by atoms with Gasteiger partial charge in [0.2, 0.25) is 5.91 Å². The largest absolute Gasteiger partial charge is 0.355 e. The number of amides is 1. The molecule has 29 heavy (non-hydrogen) atoms. The Bertz CT molecular complexity index is 939. The van der Waals surface area contributed by atoms with E-state index in [1.165, 1.54) is 12.1 Å². The molecular weight excluding hydrogens is 369 g/mol. The van der Waals surface area contributed by atoms with Crippen LogP contribution in [0.15, 0.2) is 60.9 Å². The Labute approximate surface area is 168 Å². The topological polar surface area (TPSA) is 71.0 Å². The zero-order chi connectivity index (χ0) is 20.1. The van der Waals surface area contributed by atoms with E-state index in [1.54, 1.807) is 24.5 Å². The van der Waals surface area contributed by atoms with Crippen molar-refractivity contribution in [3.63, 3.8) is 0 Å². The maximum absolute atomic E-state index is 13.1. The fraction of sp³-hybridized carbons (Fsp3) is 0.273. The zero-order valence-electron chi connectivity index (χ0n) is 16.0. The van der Waals surface area contributed by atoms with Gasteiger partial charge in [-0.25, -0.2) is 4.39 Å². The number of hydrogen-bond donors (Lipinski definition) is 1. The molecule has 6 nitrogen and oxygen atoms in total. The Morgan fingerprint density at radius 2 is 1.72 bits per heavy atom. The second kappa shape index (κ2) is 8.77. The van der Waals surface area contributed by atoms with Gasteiger partial charge >= 0.3 is 0 Å². The van der Waals surface area contributed by atoms with Crippen molar-refractivity contribution in [3.05, 3.63) is 72.3 Å². The summed E-state index contributed by atoms with van der Waals surface area (Å²) in [5, 5.41) is 11.6. The molecule has 1 aliphatic rings. The molecule has 1 saturated heterocycles. The van der Waals surface area contributed by atoms with Crippen molar-refractivity contribution in [2.75, 3.05) is 18.0 Å². The van der Waals surface area contributed by atoms with E-state index in [-0.39, 0.29) is 17.6 Å². The zero-order valence-corrected chi connectivity index (χ0v) is 16.0. The van der Waals surface area contributed by atoms with Crippen LogP contribution in [0.2, 0.25) is 0 Å². The summed E-state index contributed by atoms with van der Waals surface area (Å²) >= 11 is 0. The van der Waals surface area contributed by atoms with Gasteiger partial charge in [-0.3, -0.25) is 9.78 Å². The maximum Gasteiger partial charge on any atom is 0.223 e. The predicted octanol–water partition coefficient (Wildman–Crippen LogP) is 3.21. The van der Waals surface area contributed by atoms with E-state index in [4.69, 9.17) is 0 Å². The third-order valence-electron chi connectivity index (χ3n) is 5.20. The highest BCUT2D eigenvalue weighted by atomic mass is 19.1. The number of halogens is 1. The van der Waals surface area contributed by atoms with Gasteiger partial charge in [-0.15, -0.1) is 10.2 Å². The standard InChI is InChI=1S/C22H22FN5O/c23-19-3-1-17(2-4-19)20-5-6-21(27-26-20)28-13-9-18(10-14-28)22(29)25-15-16-7-11-24-12-8-16/h1-8,11-12,18H,9-10,13-15H2,(H,25,29). The van der Waals surface area contributed by atoms with Crippen molar-refractivity contribution in [1.82, 2.24) is 20.5 Å². The van der Waals surface area contributed by atoms with E-state index in [1.807, 2.05) is 24.3 Å². The first kappa shape index (κ1) is 19.0. The summed E-state index contributed by atoms with van der Waals surface area (Å²) < 4.78 is 13.1. The van der Waals surface area contributed by atoms with Crippen LogP contribution in [0.5, 0.6) is 0 Å². The van der Waals surface area contributed by atoms with E-state index in [9.17, 15) is 9.18 Å². The molecule has 3 aromatic rings. The summed E-state index contributed by atoms with van der Waals surface area (Å²) in [6.45, 7) is 2.05. The molecule has 0 unspecified atom stereocenters. The van der Waals surface area contributed by atoms with Crippen LogP contribution in [0, 0.1) is 11.7 Å². The van der Waals surface area contributed by atoms with Crippen LogP contribution in [0.1, 0.15) is 18.4 Å². The second-order valence-electron chi connectivity index (χ2n) is 7.12. The van der Waals surface area contributed by atoms with Gasteiger partial charge in [0, 0.05) is 43.5 Å². The molecule has 0 bridgehead atoms. The van der Waals surface area contributed by atoms with E-state index < -0.39 is 0 Å². The van der Waals surface area contributed by atoms with Gasteiger partial charge in [-0.05, 0) is 66.9 Å². The SMILES string of the molecule is O=C(NCc1ccncc1)C1CCN(c2ccc(-c3ccc(F)cc3)nn2)CC1. The van der Waals surface area contributed by atoms with E-state index in [0.29, 0.717) is 12.2 Å². The summed E-state index contributed by atoms with van der Waals surface area (Å²) in [7, 11) is 0. The summed E-state index contributed by atoms with van der Waals surface area (Å²) in [5.41, 5.74) is 2.58. The minimum atomic E-state index is -0.272.